The molecule has 0 spiro atoms. The van der Waals surface area contributed by atoms with Gasteiger partial charge in [-0.15, -0.1) is 0 Å². The van der Waals surface area contributed by atoms with Crippen LogP contribution in [-0.4, -0.2) is 19.6 Å². The molecule has 1 fully saturated rings. The molecule has 1 aromatic rings. The number of para-hydroxylation sites is 1. The van der Waals surface area contributed by atoms with Crippen LogP contribution >= 0.6 is 0 Å². The van der Waals surface area contributed by atoms with Gasteiger partial charge in [-0.25, -0.2) is 0 Å². The Balaban J connectivity index is 1.92. The third-order valence-electron chi connectivity index (χ3n) is 3.98. The zero-order valence-electron chi connectivity index (χ0n) is 9.73. The molecular weight excluding hydrogens is 196 g/mol. The molecule has 0 amide bonds. The van der Waals surface area contributed by atoms with E-state index < -0.39 is 0 Å². The lowest BCUT2D eigenvalue weighted by molar-refractivity contribution is 0.525. The molecule has 1 atom stereocenters. The summed E-state index contributed by atoms with van der Waals surface area (Å²) in [5, 5.41) is 0. The molecule has 1 saturated carbocycles. The second-order valence-electron chi connectivity index (χ2n) is 5.07. The highest BCUT2D eigenvalue weighted by Gasteiger charge is 2.36. The fourth-order valence-electron chi connectivity index (χ4n) is 3.04. The molecule has 0 saturated heterocycles. The SMILES string of the molecule is NCCN1CC[C@H](C2CC2)c2ccccc21. The molecule has 3 rings (SSSR count). The van der Waals surface area contributed by atoms with Gasteiger partial charge in [0, 0.05) is 25.3 Å². The quantitative estimate of drug-likeness (QED) is 0.840. The third-order valence-corrected chi connectivity index (χ3v) is 3.98. The largest absolute Gasteiger partial charge is 0.370 e. The zero-order chi connectivity index (χ0) is 11.0. The molecule has 1 aliphatic heterocycles. The predicted octanol–water partition coefficient (Wildman–Crippen LogP) is 2.35. The lowest BCUT2D eigenvalue weighted by Gasteiger charge is -2.35. The Bertz CT molecular complexity index is 371. The number of nitrogens with zero attached hydrogens (tertiary/aromatic N) is 1. The number of anilines is 1. The van der Waals surface area contributed by atoms with Gasteiger partial charge in [0.25, 0.3) is 0 Å². The number of fused-ring (bicyclic) bond motifs is 1. The summed E-state index contributed by atoms with van der Waals surface area (Å²) in [6.45, 7) is 2.94. The molecule has 2 nitrogen and oxygen atoms in total. The second-order valence-corrected chi connectivity index (χ2v) is 5.07. The van der Waals surface area contributed by atoms with Gasteiger partial charge >= 0.3 is 0 Å². The first-order valence-corrected chi connectivity index (χ1v) is 6.44. The molecule has 16 heavy (non-hydrogen) atoms. The molecule has 0 radical (unpaired) electrons. The Morgan fingerprint density at radius 3 is 2.75 bits per heavy atom. The molecule has 0 bridgehead atoms. The Hall–Kier alpha value is -1.02. The fourth-order valence-corrected chi connectivity index (χ4v) is 3.04. The van der Waals surface area contributed by atoms with E-state index in [0.717, 1.165) is 24.9 Å². The van der Waals surface area contributed by atoms with E-state index in [1.54, 1.807) is 5.56 Å². The van der Waals surface area contributed by atoms with Crippen molar-refractivity contribution < 1.29 is 0 Å². The van der Waals surface area contributed by atoms with Crippen LogP contribution in [0.3, 0.4) is 0 Å². The third kappa shape index (κ3) is 1.71. The van der Waals surface area contributed by atoms with Crippen molar-refractivity contribution in [3.63, 3.8) is 0 Å². The minimum absolute atomic E-state index is 0.752. The highest BCUT2D eigenvalue weighted by atomic mass is 15.1. The first-order chi connectivity index (χ1) is 7.90. The average molecular weight is 216 g/mol. The minimum atomic E-state index is 0.752. The molecule has 1 aliphatic carbocycles. The van der Waals surface area contributed by atoms with E-state index in [-0.39, 0.29) is 0 Å². The maximum atomic E-state index is 5.68. The molecule has 0 aromatic heterocycles. The van der Waals surface area contributed by atoms with Gasteiger partial charge in [0.2, 0.25) is 0 Å². The molecule has 0 unspecified atom stereocenters. The van der Waals surface area contributed by atoms with E-state index in [9.17, 15) is 0 Å². The Morgan fingerprint density at radius 2 is 2.00 bits per heavy atom. The molecule has 86 valence electrons. The number of hydrogen-bond acceptors (Lipinski definition) is 2. The molecular formula is C14H20N2. The summed E-state index contributed by atoms with van der Waals surface area (Å²) in [6.07, 6.45) is 4.20. The van der Waals surface area contributed by atoms with Crippen molar-refractivity contribution in [2.45, 2.75) is 25.2 Å². The van der Waals surface area contributed by atoms with Crippen LogP contribution in [0.1, 0.15) is 30.7 Å². The van der Waals surface area contributed by atoms with Crippen LogP contribution in [-0.2, 0) is 0 Å². The summed E-state index contributed by atoms with van der Waals surface area (Å²) in [6, 6.07) is 8.91. The van der Waals surface area contributed by atoms with Crippen LogP contribution in [0, 0.1) is 5.92 Å². The lowest BCUT2D eigenvalue weighted by Crippen LogP contribution is -2.35. The summed E-state index contributed by atoms with van der Waals surface area (Å²) in [5.41, 5.74) is 8.70. The van der Waals surface area contributed by atoms with E-state index in [0.29, 0.717) is 0 Å². The topological polar surface area (TPSA) is 29.3 Å². The van der Waals surface area contributed by atoms with Crippen molar-refractivity contribution >= 4 is 5.69 Å². The van der Waals surface area contributed by atoms with Crippen molar-refractivity contribution in [1.29, 1.82) is 0 Å². The number of rotatable bonds is 3. The van der Waals surface area contributed by atoms with Gasteiger partial charge in [-0.2, -0.15) is 0 Å². The van der Waals surface area contributed by atoms with Crippen LogP contribution in [0.5, 0.6) is 0 Å². The molecule has 2 aliphatic rings. The number of nitrogens with two attached hydrogens (primary N) is 1. The summed E-state index contributed by atoms with van der Waals surface area (Å²) >= 11 is 0. The van der Waals surface area contributed by atoms with Gasteiger partial charge in [-0.3, -0.25) is 0 Å². The highest BCUT2D eigenvalue weighted by molar-refractivity contribution is 5.57. The first-order valence-electron chi connectivity index (χ1n) is 6.44. The number of benzene rings is 1. The summed E-state index contributed by atoms with van der Waals surface area (Å²) in [4.78, 5) is 2.45. The van der Waals surface area contributed by atoms with Crippen molar-refractivity contribution in [2.75, 3.05) is 24.5 Å². The van der Waals surface area contributed by atoms with E-state index in [4.69, 9.17) is 5.73 Å². The van der Waals surface area contributed by atoms with E-state index in [2.05, 4.69) is 29.2 Å². The van der Waals surface area contributed by atoms with E-state index in [1.165, 1.54) is 31.5 Å². The summed E-state index contributed by atoms with van der Waals surface area (Å²) in [5.74, 6) is 1.80. The normalized spacial score (nSPS) is 24.3. The Kier molecular flexibility index (Phi) is 2.60. The summed E-state index contributed by atoms with van der Waals surface area (Å²) in [7, 11) is 0. The smallest absolute Gasteiger partial charge is 0.0402 e. The predicted molar refractivity (Wildman–Crippen MR) is 67.8 cm³/mol. The minimum Gasteiger partial charge on any atom is -0.370 e. The highest BCUT2D eigenvalue weighted by Crippen LogP contribution is 2.49. The van der Waals surface area contributed by atoms with Crippen molar-refractivity contribution in [2.24, 2.45) is 11.7 Å². The van der Waals surface area contributed by atoms with Crippen LogP contribution < -0.4 is 10.6 Å². The molecule has 1 heterocycles. The maximum Gasteiger partial charge on any atom is 0.0402 e. The van der Waals surface area contributed by atoms with Crippen LogP contribution in [0.15, 0.2) is 24.3 Å². The van der Waals surface area contributed by atoms with Gasteiger partial charge < -0.3 is 10.6 Å². The van der Waals surface area contributed by atoms with Gasteiger partial charge in [-0.1, -0.05) is 18.2 Å². The zero-order valence-corrected chi connectivity index (χ0v) is 9.73. The van der Waals surface area contributed by atoms with E-state index in [1.807, 2.05) is 0 Å². The van der Waals surface area contributed by atoms with Crippen molar-refractivity contribution in [3.8, 4) is 0 Å². The van der Waals surface area contributed by atoms with Crippen molar-refractivity contribution in [1.82, 2.24) is 0 Å². The van der Waals surface area contributed by atoms with Crippen LogP contribution in [0.2, 0.25) is 0 Å². The Labute approximate surface area is 97.4 Å². The second kappa shape index (κ2) is 4.10. The molecule has 2 heteroatoms. The van der Waals surface area contributed by atoms with E-state index >= 15 is 0 Å². The maximum absolute atomic E-state index is 5.68. The molecule has 1 aromatic carbocycles. The lowest BCUT2D eigenvalue weighted by atomic mass is 9.86. The van der Waals surface area contributed by atoms with Crippen LogP contribution in [0.4, 0.5) is 5.69 Å². The standard InChI is InChI=1S/C14H20N2/c15-8-10-16-9-7-12(11-5-6-11)13-3-1-2-4-14(13)16/h1-4,11-12H,5-10,15H2/t12-/m1/s1. The molecule has 2 N–H and O–H groups in total. The average Bonchev–Trinajstić information content (AvgIpc) is 3.14. The number of hydrogen-bond donors (Lipinski definition) is 1. The summed E-state index contributed by atoms with van der Waals surface area (Å²) < 4.78 is 0. The van der Waals surface area contributed by atoms with Gasteiger partial charge in [0.05, 0.1) is 0 Å². The fraction of sp³-hybridized carbons (Fsp3) is 0.571. The van der Waals surface area contributed by atoms with Crippen molar-refractivity contribution in [3.05, 3.63) is 29.8 Å². The Morgan fingerprint density at radius 1 is 1.19 bits per heavy atom. The van der Waals surface area contributed by atoms with Gasteiger partial charge in [0.1, 0.15) is 0 Å². The van der Waals surface area contributed by atoms with Gasteiger partial charge in [0.15, 0.2) is 0 Å². The monoisotopic (exact) mass is 216 g/mol. The first kappa shape index (κ1) is 10.2. The van der Waals surface area contributed by atoms with Crippen LogP contribution in [0.25, 0.3) is 0 Å². The van der Waals surface area contributed by atoms with Gasteiger partial charge in [-0.05, 0) is 42.7 Å².